The molecule has 4 aromatic rings. The molecule has 2 aromatic carbocycles. The molecule has 0 spiro atoms. The Morgan fingerprint density at radius 1 is 1.08 bits per heavy atom. The normalized spacial score (nSPS) is 12.2. The number of nitrogens with zero attached hydrogens (tertiary/aromatic N) is 2. The van der Waals surface area contributed by atoms with Crippen LogP contribution in [0.2, 0.25) is 10.0 Å². The van der Waals surface area contributed by atoms with Crippen molar-refractivity contribution in [2.45, 2.75) is 24.4 Å². The summed E-state index contributed by atoms with van der Waals surface area (Å²) >= 11 is 12.8. The molecular formula is C24H17Cl2F3N2O4S. The Labute approximate surface area is 214 Å². The van der Waals surface area contributed by atoms with Gasteiger partial charge in [-0.15, -0.1) is 0 Å². The van der Waals surface area contributed by atoms with Gasteiger partial charge in [0.15, 0.2) is 5.65 Å². The van der Waals surface area contributed by atoms with Crippen LogP contribution in [0, 0.1) is 6.92 Å². The van der Waals surface area contributed by atoms with E-state index in [1.807, 2.05) is 0 Å². The average molecular weight is 557 g/mol. The van der Waals surface area contributed by atoms with E-state index < -0.39 is 33.5 Å². The maximum absolute atomic E-state index is 13.7. The minimum Gasteiger partial charge on any atom is -0.465 e. The molecule has 0 unspecified atom stereocenters. The van der Waals surface area contributed by atoms with E-state index in [1.54, 1.807) is 6.07 Å². The molecule has 2 aromatic heterocycles. The van der Waals surface area contributed by atoms with Gasteiger partial charge in [0.2, 0.25) is 0 Å². The first kappa shape index (κ1) is 26.0. The number of alkyl halides is 3. The lowest BCUT2D eigenvalue weighted by Gasteiger charge is -2.15. The van der Waals surface area contributed by atoms with Gasteiger partial charge in [0.05, 0.1) is 22.6 Å². The van der Waals surface area contributed by atoms with Crippen molar-refractivity contribution in [3.63, 3.8) is 0 Å². The topological polar surface area (TPSA) is 78.3 Å². The van der Waals surface area contributed by atoms with E-state index in [-0.39, 0.29) is 49.1 Å². The van der Waals surface area contributed by atoms with Gasteiger partial charge in [0.1, 0.15) is 5.69 Å². The minimum absolute atomic E-state index is 0.000748. The number of halogens is 5. The summed E-state index contributed by atoms with van der Waals surface area (Å²) in [6.07, 6.45) is -5.03. The highest BCUT2D eigenvalue weighted by atomic mass is 35.5. The quantitative estimate of drug-likeness (QED) is 0.270. The number of carbonyl (C=O) groups is 1. The standard InChI is InChI=1S/C24H17Cl2F3N2O4S/c1-13-10-20(24(27,28)29)30-22-17(13)11-14(31(22)36(33,34)15-6-4-3-5-7-15)12-18-19(25)9-8-16(21(18)26)23(32)35-2/h3-11H,12H2,1-2H3. The van der Waals surface area contributed by atoms with E-state index >= 15 is 0 Å². The molecule has 12 heteroatoms. The van der Waals surface area contributed by atoms with Gasteiger partial charge in [-0.1, -0.05) is 41.4 Å². The number of ether oxygens (including phenoxy) is 1. The minimum atomic E-state index is -4.80. The monoisotopic (exact) mass is 556 g/mol. The summed E-state index contributed by atoms with van der Waals surface area (Å²) < 4.78 is 73.5. The molecule has 0 saturated heterocycles. The molecule has 0 aliphatic rings. The molecule has 0 N–H and O–H groups in total. The van der Waals surface area contributed by atoms with E-state index in [1.165, 1.54) is 56.5 Å². The van der Waals surface area contributed by atoms with Crippen LogP contribution in [0.25, 0.3) is 11.0 Å². The van der Waals surface area contributed by atoms with Crippen LogP contribution >= 0.6 is 23.2 Å². The number of methoxy groups -OCH3 is 1. The van der Waals surface area contributed by atoms with E-state index in [4.69, 9.17) is 27.9 Å². The molecule has 0 aliphatic heterocycles. The average Bonchev–Trinajstić information content (AvgIpc) is 3.21. The van der Waals surface area contributed by atoms with Gasteiger partial charge in [0, 0.05) is 22.5 Å². The lowest BCUT2D eigenvalue weighted by Crippen LogP contribution is -2.18. The predicted molar refractivity (Wildman–Crippen MR) is 129 cm³/mol. The summed E-state index contributed by atoms with van der Waals surface area (Å²) in [5.74, 6) is -0.734. The van der Waals surface area contributed by atoms with Crippen LogP contribution in [-0.2, 0) is 27.4 Å². The van der Waals surface area contributed by atoms with Crippen LogP contribution < -0.4 is 0 Å². The van der Waals surface area contributed by atoms with Gasteiger partial charge in [-0.05, 0) is 54.4 Å². The molecule has 0 atom stereocenters. The third-order valence-corrected chi connectivity index (χ3v) is 8.07. The second-order valence-corrected chi connectivity index (χ2v) is 10.4. The second kappa shape index (κ2) is 9.42. The largest absolute Gasteiger partial charge is 0.465 e. The third-order valence-electron chi connectivity index (χ3n) is 5.53. The molecule has 0 saturated carbocycles. The molecule has 2 heterocycles. The summed E-state index contributed by atoms with van der Waals surface area (Å²) in [5.41, 5.74) is -1.20. The van der Waals surface area contributed by atoms with Crippen LogP contribution in [0.3, 0.4) is 0 Å². The Bertz CT molecular complexity index is 1600. The third kappa shape index (κ3) is 4.56. The number of rotatable bonds is 5. The predicted octanol–water partition coefficient (Wildman–Crippen LogP) is 6.28. The van der Waals surface area contributed by atoms with Crippen LogP contribution in [0.4, 0.5) is 13.2 Å². The zero-order valence-electron chi connectivity index (χ0n) is 18.7. The molecule has 6 nitrogen and oxygen atoms in total. The lowest BCUT2D eigenvalue weighted by molar-refractivity contribution is -0.141. The first-order valence-corrected chi connectivity index (χ1v) is 12.5. The van der Waals surface area contributed by atoms with Crippen molar-refractivity contribution >= 4 is 50.2 Å². The first-order chi connectivity index (χ1) is 16.9. The van der Waals surface area contributed by atoms with E-state index in [2.05, 4.69) is 4.98 Å². The van der Waals surface area contributed by atoms with Gasteiger partial charge in [-0.3, -0.25) is 0 Å². The highest BCUT2D eigenvalue weighted by Crippen LogP contribution is 2.36. The number of esters is 1. The zero-order valence-corrected chi connectivity index (χ0v) is 21.1. The number of hydrogen-bond donors (Lipinski definition) is 0. The summed E-state index contributed by atoms with van der Waals surface area (Å²) in [6.45, 7) is 1.43. The second-order valence-electron chi connectivity index (χ2n) is 7.83. The maximum atomic E-state index is 13.7. The summed E-state index contributed by atoms with van der Waals surface area (Å²) in [6, 6.07) is 12.3. The van der Waals surface area contributed by atoms with E-state index in [0.29, 0.717) is 0 Å². The van der Waals surface area contributed by atoms with E-state index in [0.717, 1.165) is 10.0 Å². The molecule has 0 radical (unpaired) electrons. The highest BCUT2D eigenvalue weighted by molar-refractivity contribution is 7.90. The molecule has 0 aliphatic carbocycles. The summed E-state index contributed by atoms with van der Waals surface area (Å²) in [5, 5.41) is 0.264. The Morgan fingerprint density at radius 2 is 1.75 bits per heavy atom. The van der Waals surface area contributed by atoms with Crippen molar-refractivity contribution < 1.29 is 31.1 Å². The van der Waals surface area contributed by atoms with Crippen LogP contribution in [-0.4, -0.2) is 30.5 Å². The Hall–Kier alpha value is -3.08. The van der Waals surface area contributed by atoms with Gasteiger partial charge >= 0.3 is 12.1 Å². The van der Waals surface area contributed by atoms with Crippen molar-refractivity contribution in [2.24, 2.45) is 0 Å². The summed E-state index contributed by atoms with van der Waals surface area (Å²) in [7, 11) is -3.23. The van der Waals surface area contributed by atoms with Crippen molar-refractivity contribution in [1.82, 2.24) is 8.96 Å². The zero-order chi connectivity index (χ0) is 26.4. The van der Waals surface area contributed by atoms with Crippen molar-refractivity contribution in [1.29, 1.82) is 0 Å². The Kier molecular flexibility index (Phi) is 6.80. The Balaban J connectivity index is 2.04. The van der Waals surface area contributed by atoms with Crippen LogP contribution in [0.5, 0.6) is 0 Å². The molecule has 0 bridgehead atoms. The SMILES string of the molecule is COC(=O)c1ccc(Cl)c(Cc2cc3c(C)cc(C(F)(F)F)nc3n2S(=O)(=O)c2ccccc2)c1Cl. The van der Waals surface area contributed by atoms with Gasteiger partial charge in [-0.2, -0.15) is 13.2 Å². The fraction of sp³-hybridized carbons (Fsp3) is 0.167. The smallest absolute Gasteiger partial charge is 0.433 e. The maximum Gasteiger partial charge on any atom is 0.433 e. The molecule has 0 amide bonds. The fourth-order valence-corrected chi connectivity index (χ4v) is 5.89. The lowest BCUT2D eigenvalue weighted by atomic mass is 10.1. The fourth-order valence-electron chi connectivity index (χ4n) is 3.80. The molecule has 0 fully saturated rings. The molecule has 36 heavy (non-hydrogen) atoms. The van der Waals surface area contributed by atoms with Crippen LogP contribution in [0.15, 0.2) is 59.5 Å². The van der Waals surface area contributed by atoms with Crippen molar-refractivity contribution in [3.05, 3.63) is 92.7 Å². The molecule has 4 rings (SSSR count). The first-order valence-electron chi connectivity index (χ1n) is 10.3. The van der Waals surface area contributed by atoms with Crippen molar-refractivity contribution in [3.8, 4) is 0 Å². The Morgan fingerprint density at radius 3 is 2.36 bits per heavy atom. The summed E-state index contributed by atoms with van der Waals surface area (Å²) in [4.78, 5) is 15.6. The van der Waals surface area contributed by atoms with Crippen LogP contribution in [0.1, 0.15) is 32.9 Å². The number of fused-ring (bicyclic) bond motifs is 1. The highest BCUT2D eigenvalue weighted by Gasteiger charge is 2.35. The van der Waals surface area contributed by atoms with E-state index in [9.17, 15) is 26.4 Å². The van der Waals surface area contributed by atoms with Gasteiger partial charge in [0.25, 0.3) is 10.0 Å². The number of hydrogen-bond acceptors (Lipinski definition) is 5. The number of pyridine rings is 1. The number of benzene rings is 2. The van der Waals surface area contributed by atoms with Gasteiger partial charge in [-0.25, -0.2) is 22.2 Å². The number of carbonyl (C=O) groups excluding carboxylic acids is 1. The van der Waals surface area contributed by atoms with Gasteiger partial charge < -0.3 is 4.74 Å². The number of aromatic nitrogens is 2. The van der Waals surface area contributed by atoms with Crippen molar-refractivity contribution in [2.75, 3.05) is 7.11 Å². The molecule has 188 valence electrons. The number of aryl methyl sites for hydroxylation is 1. The molecular weight excluding hydrogens is 540 g/mol.